The van der Waals surface area contributed by atoms with Gasteiger partial charge >= 0.3 is 11.9 Å². The van der Waals surface area contributed by atoms with Gasteiger partial charge in [-0.1, -0.05) is 41.3 Å². The molecule has 1 aromatic rings. The Kier molecular flexibility index (Phi) is 7.25. The molecule has 2 fully saturated rings. The van der Waals surface area contributed by atoms with E-state index in [4.69, 9.17) is 37.4 Å². The normalized spacial score (nSPS) is 31.2. The van der Waals surface area contributed by atoms with Gasteiger partial charge in [0.1, 0.15) is 0 Å². The van der Waals surface area contributed by atoms with Crippen molar-refractivity contribution in [2.24, 2.45) is 17.0 Å². The molecule has 0 aromatic heterocycles. The number of halogens is 3. The predicted octanol–water partition coefficient (Wildman–Crippen LogP) is 5.36. The molecule has 8 nitrogen and oxygen atoms in total. The van der Waals surface area contributed by atoms with E-state index in [1.54, 1.807) is 32.0 Å². The fourth-order valence-electron chi connectivity index (χ4n) is 4.72. The third-order valence-corrected chi connectivity index (χ3v) is 6.87. The number of rotatable bonds is 9. The molecular formula is C21H24Cl2FN3O5. The van der Waals surface area contributed by atoms with Crippen molar-refractivity contribution in [1.82, 2.24) is 0 Å². The van der Waals surface area contributed by atoms with E-state index in [1.165, 1.54) is 0 Å². The lowest BCUT2D eigenvalue weighted by Crippen LogP contribution is -2.53. The predicted molar refractivity (Wildman–Crippen MR) is 115 cm³/mol. The molecule has 0 unspecified atom stereocenters. The SMILES string of the molecule is CCOC(=O)[C@@]1(F)[C@@H]2C[C@@H](O[C@@H](CC)c3ccc(Cl)c(Cl)c3)[C@@](N=[N+]=[N-])(C(=O)OCC)[C@@H]21. The zero-order valence-corrected chi connectivity index (χ0v) is 19.4. The molecule has 0 bridgehead atoms. The van der Waals surface area contributed by atoms with Crippen molar-refractivity contribution in [1.29, 1.82) is 0 Å². The molecule has 0 radical (unpaired) electrons. The van der Waals surface area contributed by atoms with E-state index in [9.17, 15) is 15.1 Å². The lowest BCUT2D eigenvalue weighted by Gasteiger charge is -2.35. The van der Waals surface area contributed by atoms with Gasteiger partial charge in [0.05, 0.1) is 35.5 Å². The Balaban J connectivity index is 1.99. The number of benzene rings is 1. The first kappa shape index (κ1) is 24.6. The first-order valence-corrected chi connectivity index (χ1v) is 11.2. The molecule has 0 spiro atoms. The Labute approximate surface area is 194 Å². The molecule has 1 aromatic carbocycles. The van der Waals surface area contributed by atoms with Gasteiger partial charge in [0.2, 0.25) is 5.67 Å². The minimum absolute atomic E-state index is 0.0182. The van der Waals surface area contributed by atoms with Gasteiger partial charge in [-0.15, -0.1) is 0 Å². The summed E-state index contributed by atoms with van der Waals surface area (Å²) in [6.07, 6.45) is -1.09. The number of hydrogen-bond acceptors (Lipinski definition) is 6. The van der Waals surface area contributed by atoms with Gasteiger partial charge in [-0.05, 0) is 49.9 Å². The van der Waals surface area contributed by atoms with Gasteiger partial charge in [-0.3, -0.25) is 4.79 Å². The fourth-order valence-corrected chi connectivity index (χ4v) is 5.02. The Bertz CT molecular complexity index is 959. The van der Waals surface area contributed by atoms with Gasteiger partial charge in [0, 0.05) is 16.7 Å². The molecule has 32 heavy (non-hydrogen) atoms. The second kappa shape index (κ2) is 9.43. The Morgan fingerprint density at radius 3 is 2.44 bits per heavy atom. The standard InChI is InChI=1S/C21H24Cl2FN3O5/c1-4-15(11-7-8-13(22)14(23)9-11)32-16-10-12-17(20(12,24)18(28)30-5-2)21(16,26-27-25)19(29)31-6-3/h7-9,12,15-17H,4-6,10H2,1-3H3/t12-,15+,16-,17+,20-,21+/m1/s1. The average molecular weight is 488 g/mol. The van der Waals surface area contributed by atoms with Gasteiger partial charge < -0.3 is 14.2 Å². The summed E-state index contributed by atoms with van der Waals surface area (Å²) in [5.41, 5.74) is 5.48. The topological polar surface area (TPSA) is 111 Å². The maximum absolute atomic E-state index is 15.7. The molecule has 0 heterocycles. The van der Waals surface area contributed by atoms with E-state index in [0.29, 0.717) is 22.0 Å². The van der Waals surface area contributed by atoms with Crippen LogP contribution >= 0.6 is 23.2 Å². The van der Waals surface area contributed by atoms with E-state index in [2.05, 4.69) is 10.0 Å². The van der Waals surface area contributed by atoms with Crippen LogP contribution in [0.15, 0.2) is 23.3 Å². The summed E-state index contributed by atoms with van der Waals surface area (Å²) in [6, 6.07) is 5.00. The van der Waals surface area contributed by atoms with Crippen molar-refractivity contribution in [3.05, 3.63) is 44.3 Å². The number of esters is 2. The summed E-state index contributed by atoms with van der Waals surface area (Å²) >= 11 is 12.1. The van der Waals surface area contributed by atoms with Crippen LogP contribution in [-0.4, -0.2) is 42.5 Å². The molecule has 2 saturated carbocycles. The van der Waals surface area contributed by atoms with Crippen molar-refractivity contribution < 1.29 is 28.2 Å². The number of carbonyl (C=O) groups is 2. The lowest BCUT2D eigenvalue weighted by atomic mass is 9.87. The number of fused-ring (bicyclic) bond motifs is 1. The quantitative estimate of drug-likeness (QED) is 0.201. The summed E-state index contributed by atoms with van der Waals surface area (Å²) in [6.45, 7) is 4.96. The highest BCUT2D eigenvalue weighted by molar-refractivity contribution is 6.42. The fraction of sp³-hybridized carbons (Fsp3) is 0.619. The molecule has 2 aliphatic carbocycles. The second-order valence-corrected chi connectivity index (χ2v) is 8.55. The average Bonchev–Trinajstić information content (AvgIpc) is 3.21. The van der Waals surface area contributed by atoms with E-state index in [1.807, 2.05) is 6.92 Å². The number of hydrogen-bond donors (Lipinski definition) is 0. The van der Waals surface area contributed by atoms with Crippen LogP contribution in [0.4, 0.5) is 4.39 Å². The maximum Gasteiger partial charge on any atom is 0.344 e. The Morgan fingerprint density at radius 1 is 1.22 bits per heavy atom. The minimum atomic E-state index is -2.44. The Hall–Kier alpha value is -2.06. The third kappa shape index (κ3) is 3.81. The van der Waals surface area contributed by atoms with Crippen LogP contribution in [0.3, 0.4) is 0 Å². The van der Waals surface area contributed by atoms with E-state index < -0.39 is 47.2 Å². The van der Waals surface area contributed by atoms with Crippen molar-refractivity contribution >= 4 is 35.1 Å². The van der Waals surface area contributed by atoms with Crippen molar-refractivity contribution in [2.45, 2.75) is 57.0 Å². The number of ether oxygens (including phenoxy) is 3. The first-order chi connectivity index (χ1) is 15.2. The smallest absolute Gasteiger partial charge is 0.344 e. The monoisotopic (exact) mass is 487 g/mol. The third-order valence-electron chi connectivity index (χ3n) is 6.13. The van der Waals surface area contributed by atoms with Crippen LogP contribution in [0.5, 0.6) is 0 Å². The molecule has 3 rings (SSSR count). The highest BCUT2D eigenvalue weighted by Crippen LogP contribution is 2.70. The maximum atomic E-state index is 15.7. The van der Waals surface area contributed by atoms with E-state index >= 15 is 4.39 Å². The number of nitrogens with zero attached hydrogens (tertiary/aromatic N) is 3. The van der Waals surface area contributed by atoms with Crippen LogP contribution in [0, 0.1) is 11.8 Å². The van der Waals surface area contributed by atoms with E-state index in [0.717, 1.165) is 0 Å². The molecule has 6 atom stereocenters. The van der Waals surface area contributed by atoms with Crippen LogP contribution in [-0.2, 0) is 23.8 Å². The van der Waals surface area contributed by atoms with Crippen molar-refractivity contribution in [2.75, 3.05) is 13.2 Å². The van der Waals surface area contributed by atoms with Crippen LogP contribution in [0.2, 0.25) is 10.0 Å². The summed E-state index contributed by atoms with van der Waals surface area (Å²) in [5, 5.41) is 4.42. The zero-order valence-electron chi connectivity index (χ0n) is 17.9. The van der Waals surface area contributed by atoms with Gasteiger partial charge in [0.25, 0.3) is 0 Å². The summed E-state index contributed by atoms with van der Waals surface area (Å²) in [7, 11) is 0. The minimum Gasteiger partial charge on any atom is -0.465 e. The van der Waals surface area contributed by atoms with Crippen LogP contribution in [0.1, 0.15) is 45.3 Å². The summed E-state index contributed by atoms with van der Waals surface area (Å²) < 4.78 is 31.9. The van der Waals surface area contributed by atoms with Crippen LogP contribution < -0.4 is 0 Å². The van der Waals surface area contributed by atoms with Gasteiger partial charge in [-0.25, -0.2) is 9.18 Å². The molecule has 11 heteroatoms. The number of carbonyl (C=O) groups excluding carboxylic acids is 2. The van der Waals surface area contributed by atoms with Crippen molar-refractivity contribution in [3.63, 3.8) is 0 Å². The van der Waals surface area contributed by atoms with Crippen LogP contribution in [0.25, 0.3) is 10.4 Å². The van der Waals surface area contributed by atoms with Gasteiger partial charge in [-0.2, -0.15) is 0 Å². The molecule has 0 aliphatic heterocycles. The molecule has 174 valence electrons. The Morgan fingerprint density at radius 2 is 1.88 bits per heavy atom. The first-order valence-electron chi connectivity index (χ1n) is 10.4. The molecular weight excluding hydrogens is 464 g/mol. The molecule has 2 aliphatic rings. The zero-order chi connectivity index (χ0) is 23.7. The summed E-state index contributed by atoms with van der Waals surface area (Å²) in [4.78, 5) is 28.2. The highest BCUT2D eigenvalue weighted by Gasteiger charge is 2.86. The van der Waals surface area contributed by atoms with Gasteiger partial charge in [0.15, 0.2) is 5.54 Å². The molecule has 0 amide bonds. The number of alkyl halides is 1. The lowest BCUT2D eigenvalue weighted by molar-refractivity contribution is -0.165. The van der Waals surface area contributed by atoms with Crippen molar-refractivity contribution in [3.8, 4) is 0 Å². The summed E-state index contributed by atoms with van der Waals surface area (Å²) in [5.74, 6) is -4.14. The van der Waals surface area contributed by atoms with E-state index in [-0.39, 0.29) is 19.6 Å². The second-order valence-electron chi connectivity index (χ2n) is 7.74. The molecule has 0 N–H and O–H groups in total. The molecule has 0 saturated heterocycles. The highest BCUT2D eigenvalue weighted by atomic mass is 35.5. The number of azide groups is 1. The largest absolute Gasteiger partial charge is 0.465 e.